The highest BCUT2D eigenvalue weighted by molar-refractivity contribution is 5.78. The fourth-order valence-electron chi connectivity index (χ4n) is 2.10. The molecule has 0 saturated carbocycles. The van der Waals surface area contributed by atoms with Crippen molar-refractivity contribution < 1.29 is 4.79 Å². The van der Waals surface area contributed by atoms with Gasteiger partial charge in [0.1, 0.15) is 0 Å². The molecule has 86 valence electrons. The Balaban J connectivity index is 1.97. The standard InChI is InChI=1S/C13H18N2O/c1-9-4-3-5-11(10(9)2)6-15-7-12(8-15)13(14)16/h3-5,12H,6-8H2,1-2H3,(H2,14,16). The predicted octanol–water partition coefficient (Wildman–Crippen LogP) is 1.22. The number of likely N-dealkylation sites (tertiary alicyclic amines) is 1. The molecule has 0 aromatic heterocycles. The van der Waals surface area contributed by atoms with Crippen LogP contribution in [0, 0.1) is 19.8 Å². The molecule has 0 aliphatic carbocycles. The minimum Gasteiger partial charge on any atom is -0.369 e. The van der Waals surface area contributed by atoms with Gasteiger partial charge in [-0.25, -0.2) is 0 Å². The summed E-state index contributed by atoms with van der Waals surface area (Å²) in [7, 11) is 0. The molecule has 1 fully saturated rings. The Hall–Kier alpha value is -1.35. The molecular weight excluding hydrogens is 200 g/mol. The molecule has 1 amide bonds. The third-order valence-corrected chi connectivity index (χ3v) is 3.47. The molecule has 2 N–H and O–H groups in total. The first-order valence-electron chi connectivity index (χ1n) is 5.64. The molecule has 0 bridgehead atoms. The molecule has 0 radical (unpaired) electrons. The lowest BCUT2D eigenvalue weighted by molar-refractivity contribution is -0.127. The van der Waals surface area contributed by atoms with Gasteiger partial charge < -0.3 is 5.73 Å². The molecule has 1 aromatic carbocycles. The van der Waals surface area contributed by atoms with Gasteiger partial charge in [0, 0.05) is 19.6 Å². The third-order valence-electron chi connectivity index (χ3n) is 3.47. The van der Waals surface area contributed by atoms with Crippen molar-refractivity contribution in [3.05, 3.63) is 34.9 Å². The van der Waals surface area contributed by atoms with Gasteiger partial charge in [0.2, 0.25) is 5.91 Å². The number of hydrogen-bond donors (Lipinski definition) is 1. The van der Waals surface area contributed by atoms with E-state index in [9.17, 15) is 4.79 Å². The van der Waals surface area contributed by atoms with E-state index >= 15 is 0 Å². The Morgan fingerprint density at radius 2 is 2.12 bits per heavy atom. The van der Waals surface area contributed by atoms with Gasteiger partial charge in [0.25, 0.3) is 0 Å². The Bertz CT molecular complexity index is 408. The van der Waals surface area contributed by atoms with E-state index in [2.05, 4.69) is 36.9 Å². The van der Waals surface area contributed by atoms with Gasteiger partial charge in [-0.15, -0.1) is 0 Å². The maximum Gasteiger partial charge on any atom is 0.223 e. The molecule has 3 nitrogen and oxygen atoms in total. The molecule has 0 atom stereocenters. The second-order valence-electron chi connectivity index (χ2n) is 4.65. The van der Waals surface area contributed by atoms with E-state index in [1.54, 1.807) is 0 Å². The van der Waals surface area contributed by atoms with Crippen molar-refractivity contribution >= 4 is 5.91 Å². The zero-order valence-corrected chi connectivity index (χ0v) is 9.86. The van der Waals surface area contributed by atoms with Crippen LogP contribution < -0.4 is 5.73 Å². The summed E-state index contributed by atoms with van der Waals surface area (Å²) in [6.45, 7) is 6.82. The maximum absolute atomic E-state index is 10.9. The lowest BCUT2D eigenvalue weighted by Gasteiger charge is -2.37. The predicted molar refractivity (Wildman–Crippen MR) is 63.9 cm³/mol. The fourth-order valence-corrected chi connectivity index (χ4v) is 2.10. The van der Waals surface area contributed by atoms with Crippen molar-refractivity contribution in [2.75, 3.05) is 13.1 Å². The number of aryl methyl sites for hydroxylation is 1. The SMILES string of the molecule is Cc1cccc(CN2CC(C(N)=O)C2)c1C. The van der Waals surface area contributed by atoms with Crippen molar-refractivity contribution in [3.8, 4) is 0 Å². The molecule has 2 rings (SSSR count). The van der Waals surface area contributed by atoms with E-state index in [-0.39, 0.29) is 11.8 Å². The van der Waals surface area contributed by atoms with E-state index in [1.165, 1.54) is 16.7 Å². The monoisotopic (exact) mass is 218 g/mol. The number of primary amides is 1. The minimum absolute atomic E-state index is 0.0603. The van der Waals surface area contributed by atoms with Crippen LogP contribution >= 0.6 is 0 Å². The van der Waals surface area contributed by atoms with Gasteiger partial charge >= 0.3 is 0 Å². The zero-order chi connectivity index (χ0) is 11.7. The summed E-state index contributed by atoms with van der Waals surface area (Å²) in [4.78, 5) is 13.2. The van der Waals surface area contributed by atoms with Gasteiger partial charge in [-0.2, -0.15) is 0 Å². The first-order valence-corrected chi connectivity index (χ1v) is 5.64. The fraction of sp³-hybridized carbons (Fsp3) is 0.462. The lowest BCUT2D eigenvalue weighted by Crippen LogP contribution is -2.51. The normalized spacial score (nSPS) is 17.1. The second kappa shape index (κ2) is 4.26. The summed E-state index contributed by atoms with van der Waals surface area (Å²) in [5.41, 5.74) is 9.27. The Kier molecular flexibility index (Phi) is 2.97. The van der Waals surface area contributed by atoms with Crippen LogP contribution in [-0.4, -0.2) is 23.9 Å². The number of rotatable bonds is 3. The van der Waals surface area contributed by atoms with Crippen molar-refractivity contribution in [1.82, 2.24) is 4.90 Å². The van der Waals surface area contributed by atoms with Crippen molar-refractivity contribution in [1.29, 1.82) is 0 Å². The van der Waals surface area contributed by atoms with Crippen LogP contribution in [-0.2, 0) is 11.3 Å². The largest absolute Gasteiger partial charge is 0.369 e. The van der Waals surface area contributed by atoms with E-state index < -0.39 is 0 Å². The van der Waals surface area contributed by atoms with Crippen LogP contribution in [0.1, 0.15) is 16.7 Å². The smallest absolute Gasteiger partial charge is 0.223 e. The summed E-state index contributed by atoms with van der Waals surface area (Å²) >= 11 is 0. The number of benzene rings is 1. The molecule has 3 heteroatoms. The topological polar surface area (TPSA) is 46.3 Å². The molecular formula is C13H18N2O. The summed E-state index contributed by atoms with van der Waals surface area (Å²) in [6.07, 6.45) is 0. The minimum atomic E-state index is -0.169. The van der Waals surface area contributed by atoms with Gasteiger partial charge in [-0.3, -0.25) is 9.69 Å². The molecule has 1 aromatic rings. The Labute approximate surface area is 96.2 Å². The second-order valence-corrected chi connectivity index (χ2v) is 4.65. The highest BCUT2D eigenvalue weighted by Crippen LogP contribution is 2.21. The molecule has 1 aliphatic rings. The quantitative estimate of drug-likeness (QED) is 0.829. The van der Waals surface area contributed by atoms with Gasteiger partial charge in [0.05, 0.1) is 5.92 Å². The molecule has 1 aliphatic heterocycles. The average molecular weight is 218 g/mol. The van der Waals surface area contributed by atoms with Gasteiger partial charge in [-0.05, 0) is 30.5 Å². The van der Waals surface area contributed by atoms with Crippen LogP contribution in [0.2, 0.25) is 0 Å². The van der Waals surface area contributed by atoms with Crippen molar-refractivity contribution in [2.24, 2.45) is 11.7 Å². The van der Waals surface area contributed by atoms with Crippen LogP contribution in [0.5, 0.6) is 0 Å². The van der Waals surface area contributed by atoms with E-state index in [0.717, 1.165) is 19.6 Å². The highest BCUT2D eigenvalue weighted by atomic mass is 16.1. The van der Waals surface area contributed by atoms with E-state index in [4.69, 9.17) is 5.73 Å². The van der Waals surface area contributed by atoms with E-state index in [1.807, 2.05) is 0 Å². The Morgan fingerprint density at radius 3 is 2.75 bits per heavy atom. The van der Waals surface area contributed by atoms with Crippen molar-refractivity contribution in [3.63, 3.8) is 0 Å². The Morgan fingerprint density at radius 1 is 1.44 bits per heavy atom. The first-order chi connectivity index (χ1) is 7.58. The maximum atomic E-state index is 10.9. The average Bonchev–Trinajstić information content (AvgIpc) is 2.16. The van der Waals surface area contributed by atoms with Crippen LogP contribution in [0.25, 0.3) is 0 Å². The van der Waals surface area contributed by atoms with Gasteiger partial charge in [-0.1, -0.05) is 18.2 Å². The molecule has 0 spiro atoms. The van der Waals surface area contributed by atoms with Crippen LogP contribution in [0.15, 0.2) is 18.2 Å². The number of carbonyl (C=O) groups is 1. The molecule has 1 saturated heterocycles. The number of amides is 1. The highest BCUT2D eigenvalue weighted by Gasteiger charge is 2.30. The number of nitrogens with two attached hydrogens (primary N) is 1. The molecule has 16 heavy (non-hydrogen) atoms. The summed E-state index contributed by atoms with van der Waals surface area (Å²) in [5.74, 6) is -0.109. The number of nitrogens with zero attached hydrogens (tertiary/aromatic N) is 1. The molecule has 0 unspecified atom stereocenters. The molecule has 1 heterocycles. The van der Waals surface area contributed by atoms with E-state index in [0.29, 0.717) is 0 Å². The van der Waals surface area contributed by atoms with Crippen LogP contribution in [0.3, 0.4) is 0 Å². The van der Waals surface area contributed by atoms with Crippen molar-refractivity contribution in [2.45, 2.75) is 20.4 Å². The lowest BCUT2D eigenvalue weighted by atomic mass is 9.96. The number of carbonyl (C=O) groups excluding carboxylic acids is 1. The van der Waals surface area contributed by atoms with Gasteiger partial charge in [0.15, 0.2) is 0 Å². The number of hydrogen-bond acceptors (Lipinski definition) is 2. The summed E-state index contributed by atoms with van der Waals surface area (Å²) in [6, 6.07) is 6.37. The third kappa shape index (κ3) is 2.09. The van der Waals surface area contributed by atoms with Crippen LogP contribution in [0.4, 0.5) is 0 Å². The summed E-state index contributed by atoms with van der Waals surface area (Å²) < 4.78 is 0. The summed E-state index contributed by atoms with van der Waals surface area (Å²) in [5, 5.41) is 0. The first kappa shape index (κ1) is 11.1. The zero-order valence-electron chi connectivity index (χ0n) is 9.86.